The highest BCUT2D eigenvalue weighted by Gasteiger charge is 2.10. The Bertz CT molecular complexity index is 626. The van der Waals surface area contributed by atoms with Gasteiger partial charge in [0.1, 0.15) is 0 Å². The fraction of sp³-hybridized carbons (Fsp3) is 0.385. The van der Waals surface area contributed by atoms with Crippen LogP contribution < -0.4 is 14.6 Å². The van der Waals surface area contributed by atoms with Crippen molar-refractivity contribution in [2.45, 2.75) is 19.9 Å². The van der Waals surface area contributed by atoms with Crippen LogP contribution in [0.4, 0.5) is 0 Å². The Morgan fingerprint density at radius 3 is 2.86 bits per heavy atom. The molecule has 8 heteroatoms. The van der Waals surface area contributed by atoms with E-state index in [0.717, 1.165) is 0 Å². The normalized spacial score (nSPS) is 10.4. The van der Waals surface area contributed by atoms with Crippen LogP contribution >= 0.6 is 0 Å². The van der Waals surface area contributed by atoms with Crippen LogP contribution in [0, 0.1) is 0 Å². The number of nitrogens with zero attached hydrogens (tertiary/aromatic N) is 4. The van der Waals surface area contributed by atoms with Gasteiger partial charge in [0.15, 0.2) is 11.5 Å². The zero-order chi connectivity index (χ0) is 15.2. The molecular formula is C13H15N4O4-. The number of carboxylic acids is 1. The molecule has 0 radical (unpaired) electrons. The van der Waals surface area contributed by atoms with E-state index in [-0.39, 0.29) is 13.0 Å². The van der Waals surface area contributed by atoms with E-state index >= 15 is 0 Å². The largest absolute Gasteiger partial charge is 0.550 e. The lowest BCUT2D eigenvalue weighted by atomic mass is 10.2. The summed E-state index contributed by atoms with van der Waals surface area (Å²) in [6.07, 6.45) is -0.164. The van der Waals surface area contributed by atoms with E-state index in [0.29, 0.717) is 29.5 Å². The number of hydrogen-bond donors (Lipinski definition) is 0. The SMILES string of the molecule is CCOc1ccc(-c2nnn(CCC(=O)[O-])n2)cc1OC. The quantitative estimate of drug-likeness (QED) is 0.701. The Morgan fingerprint density at radius 2 is 2.19 bits per heavy atom. The third-order valence-corrected chi connectivity index (χ3v) is 2.69. The molecule has 0 aliphatic carbocycles. The van der Waals surface area contributed by atoms with E-state index in [2.05, 4.69) is 15.4 Å². The number of carbonyl (C=O) groups is 1. The van der Waals surface area contributed by atoms with Gasteiger partial charge in [-0.25, -0.2) is 0 Å². The Balaban J connectivity index is 2.19. The molecule has 0 amide bonds. The summed E-state index contributed by atoms with van der Waals surface area (Å²) in [5.41, 5.74) is 0.704. The van der Waals surface area contributed by atoms with E-state index in [9.17, 15) is 9.90 Å². The number of aromatic nitrogens is 4. The van der Waals surface area contributed by atoms with Gasteiger partial charge in [-0.15, -0.1) is 10.2 Å². The second-order valence-electron chi connectivity index (χ2n) is 4.13. The van der Waals surface area contributed by atoms with Gasteiger partial charge >= 0.3 is 0 Å². The fourth-order valence-corrected chi connectivity index (χ4v) is 1.73. The Kier molecular flexibility index (Phi) is 4.70. The molecule has 1 heterocycles. The molecule has 0 saturated carbocycles. The summed E-state index contributed by atoms with van der Waals surface area (Å²) < 4.78 is 10.7. The fourth-order valence-electron chi connectivity index (χ4n) is 1.73. The minimum atomic E-state index is -1.16. The topological polar surface area (TPSA) is 102 Å². The lowest BCUT2D eigenvalue weighted by Gasteiger charge is -2.09. The van der Waals surface area contributed by atoms with Crippen molar-refractivity contribution in [2.75, 3.05) is 13.7 Å². The second kappa shape index (κ2) is 6.69. The molecule has 0 spiro atoms. The number of hydrogen-bond acceptors (Lipinski definition) is 7. The number of benzene rings is 1. The average molecular weight is 291 g/mol. The molecule has 0 unspecified atom stereocenters. The zero-order valence-electron chi connectivity index (χ0n) is 11.8. The summed E-state index contributed by atoms with van der Waals surface area (Å²) in [7, 11) is 1.55. The van der Waals surface area contributed by atoms with Crippen LogP contribution in [0.2, 0.25) is 0 Å². The number of carbonyl (C=O) groups excluding carboxylic acids is 1. The summed E-state index contributed by atoms with van der Waals surface area (Å²) >= 11 is 0. The standard InChI is InChI=1S/C13H16N4O4/c1-3-21-10-5-4-9(8-11(10)20-2)13-14-16-17(15-13)7-6-12(18)19/h4-5,8H,3,6-7H2,1-2H3,(H,18,19)/p-1. The van der Waals surface area contributed by atoms with Gasteiger partial charge in [0.25, 0.3) is 0 Å². The minimum absolute atomic E-state index is 0.115. The van der Waals surface area contributed by atoms with Crippen molar-refractivity contribution in [3.8, 4) is 22.9 Å². The number of carboxylic acid groups (broad SMARTS) is 1. The van der Waals surface area contributed by atoms with Crippen molar-refractivity contribution in [1.82, 2.24) is 20.2 Å². The predicted molar refractivity (Wildman–Crippen MR) is 70.6 cm³/mol. The van der Waals surface area contributed by atoms with Crippen LogP contribution in [0.25, 0.3) is 11.4 Å². The molecule has 0 atom stereocenters. The van der Waals surface area contributed by atoms with Gasteiger partial charge in [-0.1, -0.05) is 0 Å². The molecule has 8 nitrogen and oxygen atoms in total. The molecular weight excluding hydrogens is 276 g/mol. The van der Waals surface area contributed by atoms with Gasteiger partial charge in [-0.3, -0.25) is 0 Å². The summed E-state index contributed by atoms with van der Waals surface area (Å²) in [6, 6.07) is 5.29. The number of ether oxygens (including phenoxy) is 2. The number of tetrazole rings is 1. The van der Waals surface area contributed by atoms with Gasteiger partial charge in [0.2, 0.25) is 5.82 Å². The molecule has 2 aromatic rings. The number of rotatable bonds is 7. The molecule has 1 aromatic carbocycles. The van der Waals surface area contributed by atoms with Crippen molar-refractivity contribution in [1.29, 1.82) is 0 Å². The zero-order valence-corrected chi connectivity index (χ0v) is 11.8. The van der Waals surface area contributed by atoms with Crippen LogP contribution in [0.3, 0.4) is 0 Å². The first-order valence-corrected chi connectivity index (χ1v) is 6.43. The molecule has 2 rings (SSSR count). The van der Waals surface area contributed by atoms with E-state index in [4.69, 9.17) is 9.47 Å². The van der Waals surface area contributed by atoms with Crippen LogP contribution in [-0.4, -0.2) is 39.9 Å². The predicted octanol–water partition coefficient (Wildman–Crippen LogP) is -0.113. The third-order valence-electron chi connectivity index (χ3n) is 2.69. The van der Waals surface area contributed by atoms with Crippen LogP contribution in [-0.2, 0) is 11.3 Å². The van der Waals surface area contributed by atoms with Gasteiger partial charge in [-0.2, -0.15) is 4.80 Å². The van der Waals surface area contributed by atoms with Crippen LogP contribution in [0.1, 0.15) is 13.3 Å². The maximum absolute atomic E-state index is 10.4. The van der Waals surface area contributed by atoms with Crippen molar-refractivity contribution < 1.29 is 19.4 Å². The smallest absolute Gasteiger partial charge is 0.205 e. The molecule has 0 bridgehead atoms. The maximum Gasteiger partial charge on any atom is 0.205 e. The highest BCUT2D eigenvalue weighted by Crippen LogP contribution is 2.31. The molecule has 0 fully saturated rings. The summed E-state index contributed by atoms with van der Waals surface area (Å²) in [4.78, 5) is 11.6. The molecule has 21 heavy (non-hydrogen) atoms. The van der Waals surface area contributed by atoms with Crippen molar-refractivity contribution >= 4 is 5.97 Å². The van der Waals surface area contributed by atoms with E-state index in [1.807, 2.05) is 6.92 Å². The van der Waals surface area contributed by atoms with E-state index in [1.54, 1.807) is 25.3 Å². The van der Waals surface area contributed by atoms with Crippen molar-refractivity contribution in [3.05, 3.63) is 18.2 Å². The van der Waals surface area contributed by atoms with Crippen LogP contribution in [0.5, 0.6) is 11.5 Å². The maximum atomic E-state index is 10.4. The molecule has 0 N–H and O–H groups in total. The first-order valence-electron chi connectivity index (χ1n) is 6.43. The molecule has 1 aromatic heterocycles. The summed E-state index contributed by atoms with van der Waals surface area (Å²) in [5.74, 6) is 0.430. The minimum Gasteiger partial charge on any atom is -0.550 e. The number of aryl methyl sites for hydroxylation is 1. The Labute approximate surface area is 121 Å². The van der Waals surface area contributed by atoms with Gasteiger partial charge < -0.3 is 19.4 Å². The third kappa shape index (κ3) is 3.68. The van der Waals surface area contributed by atoms with Crippen LogP contribution in [0.15, 0.2) is 18.2 Å². The number of methoxy groups -OCH3 is 1. The van der Waals surface area contributed by atoms with Crippen molar-refractivity contribution in [2.24, 2.45) is 0 Å². The summed E-state index contributed by atoms with van der Waals surface area (Å²) in [6.45, 7) is 2.54. The average Bonchev–Trinajstić information content (AvgIpc) is 2.94. The first-order chi connectivity index (χ1) is 10.1. The highest BCUT2D eigenvalue weighted by molar-refractivity contribution is 5.64. The van der Waals surface area contributed by atoms with Gasteiger partial charge in [-0.05, 0) is 30.3 Å². The number of aliphatic carboxylic acids is 1. The molecule has 0 aliphatic rings. The molecule has 112 valence electrons. The van der Waals surface area contributed by atoms with Crippen molar-refractivity contribution in [3.63, 3.8) is 0 Å². The Hall–Kier alpha value is -2.64. The van der Waals surface area contributed by atoms with Gasteiger partial charge in [0, 0.05) is 18.0 Å². The Morgan fingerprint density at radius 1 is 1.38 bits per heavy atom. The molecule has 0 saturated heterocycles. The lowest BCUT2D eigenvalue weighted by Crippen LogP contribution is -2.24. The first kappa shape index (κ1) is 14.8. The highest BCUT2D eigenvalue weighted by atomic mass is 16.5. The summed E-state index contributed by atoms with van der Waals surface area (Å²) in [5, 5.41) is 22.2. The monoisotopic (exact) mass is 291 g/mol. The molecule has 0 aliphatic heterocycles. The van der Waals surface area contributed by atoms with E-state index in [1.165, 1.54) is 4.80 Å². The lowest BCUT2D eigenvalue weighted by molar-refractivity contribution is -0.306. The van der Waals surface area contributed by atoms with E-state index < -0.39 is 5.97 Å². The van der Waals surface area contributed by atoms with Gasteiger partial charge in [0.05, 0.1) is 20.3 Å². The second-order valence-corrected chi connectivity index (χ2v) is 4.13.